The first-order valence-corrected chi connectivity index (χ1v) is 7.51. The van der Waals surface area contributed by atoms with Crippen molar-refractivity contribution in [2.45, 2.75) is 45.1 Å². The highest BCUT2D eigenvalue weighted by Crippen LogP contribution is 2.50. The summed E-state index contributed by atoms with van der Waals surface area (Å²) in [6.45, 7) is 3.22. The first-order chi connectivity index (χ1) is 8.86. The molecule has 0 aromatic carbocycles. The molecule has 2 nitrogen and oxygen atoms in total. The number of pyridine rings is 1. The zero-order valence-corrected chi connectivity index (χ0v) is 11.3. The van der Waals surface area contributed by atoms with E-state index >= 15 is 0 Å². The Morgan fingerprint density at radius 2 is 2.28 bits per heavy atom. The third kappa shape index (κ3) is 2.44. The molecule has 0 amide bonds. The summed E-state index contributed by atoms with van der Waals surface area (Å²) in [6, 6.07) is 6.73. The Morgan fingerprint density at radius 1 is 1.33 bits per heavy atom. The van der Waals surface area contributed by atoms with Crippen LogP contribution in [0.5, 0.6) is 0 Å². The molecule has 2 fully saturated rings. The van der Waals surface area contributed by atoms with Gasteiger partial charge in [0.05, 0.1) is 5.69 Å². The lowest BCUT2D eigenvalue weighted by Crippen LogP contribution is -2.26. The molecule has 18 heavy (non-hydrogen) atoms. The molecule has 4 unspecified atom stereocenters. The topological polar surface area (TPSA) is 24.9 Å². The normalized spacial score (nSPS) is 31.7. The summed E-state index contributed by atoms with van der Waals surface area (Å²) in [5.74, 6) is 3.00. The van der Waals surface area contributed by atoms with Crippen LogP contribution in [0.4, 0.5) is 0 Å². The molecule has 2 aliphatic rings. The van der Waals surface area contributed by atoms with Crippen LogP contribution in [-0.4, -0.2) is 11.5 Å². The minimum Gasteiger partial charge on any atom is -0.309 e. The van der Waals surface area contributed by atoms with Crippen LogP contribution in [0, 0.1) is 17.8 Å². The summed E-state index contributed by atoms with van der Waals surface area (Å²) in [4.78, 5) is 4.54. The molecule has 98 valence electrons. The zero-order chi connectivity index (χ0) is 12.4. The number of rotatable bonds is 5. The Morgan fingerprint density at radius 3 is 2.89 bits per heavy atom. The average molecular weight is 244 g/mol. The van der Waals surface area contributed by atoms with Crippen LogP contribution in [0.1, 0.15) is 50.8 Å². The van der Waals surface area contributed by atoms with Crippen LogP contribution < -0.4 is 5.32 Å². The quantitative estimate of drug-likeness (QED) is 0.856. The molecular formula is C16H24N2. The SMILES string of the molecule is CCNC(CC1CC2CCC1C2)c1ccccn1. The Hall–Kier alpha value is -0.890. The van der Waals surface area contributed by atoms with E-state index in [1.54, 1.807) is 0 Å². The Kier molecular flexibility index (Phi) is 3.64. The molecule has 1 heterocycles. The van der Waals surface area contributed by atoms with Gasteiger partial charge in [0.25, 0.3) is 0 Å². The van der Waals surface area contributed by atoms with Gasteiger partial charge in [0, 0.05) is 12.2 Å². The van der Waals surface area contributed by atoms with Gasteiger partial charge < -0.3 is 5.32 Å². The fourth-order valence-corrected chi connectivity index (χ4v) is 4.11. The van der Waals surface area contributed by atoms with Crippen molar-refractivity contribution in [2.24, 2.45) is 17.8 Å². The van der Waals surface area contributed by atoms with E-state index in [9.17, 15) is 0 Å². The van der Waals surface area contributed by atoms with Gasteiger partial charge in [-0.05, 0) is 62.1 Å². The first kappa shape index (κ1) is 12.2. The Balaban J connectivity index is 1.67. The second kappa shape index (κ2) is 5.40. The van der Waals surface area contributed by atoms with E-state index < -0.39 is 0 Å². The fourth-order valence-electron chi connectivity index (χ4n) is 4.11. The van der Waals surface area contributed by atoms with Gasteiger partial charge in [-0.25, -0.2) is 0 Å². The van der Waals surface area contributed by atoms with E-state index in [4.69, 9.17) is 0 Å². The third-order valence-corrected chi connectivity index (χ3v) is 4.92. The van der Waals surface area contributed by atoms with Gasteiger partial charge in [0.1, 0.15) is 0 Å². The van der Waals surface area contributed by atoms with Crippen LogP contribution in [0.3, 0.4) is 0 Å². The maximum absolute atomic E-state index is 4.54. The van der Waals surface area contributed by atoms with E-state index in [-0.39, 0.29) is 0 Å². The average Bonchev–Trinajstić information content (AvgIpc) is 3.01. The molecule has 2 heteroatoms. The summed E-state index contributed by atoms with van der Waals surface area (Å²) in [5, 5.41) is 3.62. The molecule has 2 bridgehead atoms. The van der Waals surface area contributed by atoms with Gasteiger partial charge in [-0.15, -0.1) is 0 Å². The maximum Gasteiger partial charge on any atom is 0.0573 e. The van der Waals surface area contributed by atoms with Crippen LogP contribution >= 0.6 is 0 Å². The largest absolute Gasteiger partial charge is 0.309 e. The van der Waals surface area contributed by atoms with Crippen molar-refractivity contribution in [1.82, 2.24) is 10.3 Å². The van der Waals surface area contributed by atoms with Gasteiger partial charge >= 0.3 is 0 Å². The fraction of sp³-hybridized carbons (Fsp3) is 0.688. The molecule has 3 rings (SSSR count). The highest BCUT2D eigenvalue weighted by molar-refractivity contribution is 5.09. The van der Waals surface area contributed by atoms with E-state index in [0.29, 0.717) is 6.04 Å². The summed E-state index contributed by atoms with van der Waals surface area (Å²) in [7, 11) is 0. The predicted molar refractivity (Wildman–Crippen MR) is 74.2 cm³/mol. The summed E-state index contributed by atoms with van der Waals surface area (Å²) < 4.78 is 0. The molecule has 1 aromatic heterocycles. The van der Waals surface area contributed by atoms with Crippen molar-refractivity contribution >= 4 is 0 Å². The second-order valence-electron chi connectivity index (χ2n) is 6.04. The second-order valence-corrected chi connectivity index (χ2v) is 6.04. The standard InChI is InChI=1S/C16H24N2/c1-2-17-16(15-5-3-4-8-18-15)11-14-10-12-6-7-13(14)9-12/h3-5,8,12-14,16-17H,2,6-7,9-11H2,1H3. The van der Waals surface area contributed by atoms with Gasteiger partial charge in [-0.1, -0.05) is 19.4 Å². The monoisotopic (exact) mass is 244 g/mol. The third-order valence-electron chi connectivity index (χ3n) is 4.92. The van der Waals surface area contributed by atoms with E-state index in [2.05, 4.69) is 29.4 Å². The highest BCUT2D eigenvalue weighted by Gasteiger charge is 2.40. The lowest BCUT2D eigenvalue weighted by molar-refractivity contribution is 0.278. The van der Waals surface area contributed by atoms with E-state index in [1.807, 2.05) is 12.3 Å². The molecule has 0 spiro atoms. The summed E-state index contributed by atoms with van der Waals surface area (Å²) in [6.07, 6.45) is 9.16. The lowest BCUT2D eigenvalue weighted by atomic mass is 9.83. The van der Waals surface area contributed by atoms with E-state index in [0.717, 1.165) is 24.3 Å². The molecule has 2 saturated carbocycles. The Labute approximate surface area is 110 Å². The minimum atomic E-state index is 0.459. The van der Waals surface area contributed by atoms with Gasteiger partial charge in [0.2, 0.25) is 0 Å². The molecular weight excluding hydrogens is 220 g/mol. The van der Waals surface area contributed by atoms with Crippen molar-refractivity contribution < 1.29 is 0 Å². The van der Waals surface area contributed by atoms with Crippen molar-refractivity contribution in [3.05, 3.63) is 30.1 Å². The predicted octanol–water partition coefficient (Wildman–Crippen LogP) is 3.56. The van der Waals surface area contributed by atoms with E-state index in [1.165, 1.54) is 37.8 Å². The molecule has 1 aromatic rings. The first-order valence-electron chi connectivity index (χ1n) is 7.51. The smallest absolute Gasteiger partial charge is 0.0573 e. The molecule has 0 aliphatic heterocycles. The molecule has 2 aliphatic carbocycles. The van der Waals surface area contributed by atoms with Crippen molar-refractivity contribution in [2.75, 3.05) is 6.54 Å². The van der Waals surface area contributed by atoms with Gasteiger partial charge in [-0.3, -0.25) is 4.98 Å². The van der Waals surface area contributed by atoms with Gasteiger partial charge in [0.15, 0.2) is 0 Å². The molecule has 0 saturated heterocycles. The van der Waals surface area contributed by atoms with Crippen molar-refractivity contribution in [3.8, 4) is 0 Å². The van der Waals surface area contributed by atoms with Crippen molar-refractivity contribution in [3.63, 3.8) is 0 Å². The summed E-state index contributed by atoms with van der Waals surface area (Å²) in [5.41, 5.74) is 1.22. The number of aromatic nitrogens is 1. The van der Waals surface area contributed by atoms with Crippen molar-refractivity contribution in [1.29, 1.82) is 0 Å². The summed E-state index contributed by atoms with van der Waals surface area (Å²) >= 11 is 0. The van der Waals surface area contributed by atoms with Gasteiger partial charge in [-0.2, -0.15) is 0 Å². The Bertz CT molecular complexity index is 376. The van der Waals surface area contributed by atoms with Crippen LogP contribution in [0.15, 0.2) is 24.4 Å². The van der Waals surface area contributed by atoms with Crippen LogP contribution in [0.2, 0.25) is 0 Å². The minimum absolute atomic E-state index is 0.459. The van der Waals surface area contributed by atoms with Crippen LogP contribution in [0.25, 0.3) is 0 Å². The molecule has 0 radical (unpaired) electrons. The lowest BCUT2D eigenvalue weighted by Gasteiger charge is -2.27. The molecule has 1 N–H and O–H groups in total. The number of nitrogens with one attached hydrogen (secondary N) is 1. The number of nitrogens with zero attached hydrogens (tertiary/aromatic N) is 1. The molecule has 4 atom stereocenters. The van der Waals surface area contributed by atoms with Crippen LogP contribution in [-0.2, 0) is 0 Å². The number of hydrogen-bond acceptors (Lipinski definition) is 2. The maximum atomic E-state index is 4.54. The number of hydrogen-bond donors (Lipinski definition) is 1. The zero-order valence-electron chi connectivity index (χ0n) is 11.3. The number of fused-ring (bicyclic) bond motifs is 2. The highest BCUT2D eigenvalue weighted by atomic mass is 14.9.